The van der Waals surface area contributed by atoms with Crippen LogP contribution in [-0.2, 0) is 33.2 Å². The van der Waals surface area contributed by atoms with Crippen molar-refractivity contribution in [1.82, 2.24) is 19.7 Å². The third-order valence-electron chi connectivity index (χ3n) is 7.82. The number of rotatable bonds is 11. The van der Waals surface area contributed by atoms with Crippen molar-refractivity contribution in [3.63, 3.8) is 0 Å². The Morgan fingerprint density at radius 1 is 1.04 bits per heavy atom. The molecule has 0 spiro atoms. The number of halogens is 6. The number of carbonyl (C=O) groups excluding carboxylic acids is 1. The van der Waals surface area contributed by atoms with Gasteiger partial charge in [0.05, 0.1) is 63.4 Å². The molecular formula is C31H32F6N6O6. The standard InChI is InChI=1S/C31H32F6N6O6/c1-46-16-21(40-24-13-39-43(29(45)27(24)31(35,36)37)14-19-3-5-23(47-2)6-4-19)17-48-10-7-26(44)41-8-9-42-22(15-41)18-49-25-11-20(30(32,33)34)12-38-28(25)42/h3-6,11-13,22H,7-10,14-18H2,1-2H3/t22-/m0/s1. The zero-order valence-electron chi connectivity index (χ0n) is 26.4. The van der Waals surface area contributed by atoms with Gasteiger partial charge in [0.25, 0.3) is 5.56 Å². The van der Waals surface area contributed by atoms with Crippen molar-refractivity contribution < 1.29 is 50.1 Å². The molecule has 5 rings (SSSR count). The number of methoxy groups -OCH3 is 2. The van der Waals surface area contributed by atoms with Gasteiger partial charge < -0.3 is 28.7 Å². The first-order chi connectivity index (χ1) is 23.3. The van der Waals surface area contributed by atoms with Crippen LogP contribution in [0.1, 0.15) is 23.1 Å². The number of amides is 1. The summed E-state index contributed by atoms with van der Waals surface area (Å²) in [5, 5.41) is 3.90. The number of fused-ring (bicyclic) bond motifs is 3. The lowest BCUT2D eigenvalue weighted by atomic mass is 10.1. The average Bonchev–Trinajstić information content (AvgIpc) is 3.06. The number of aliphatic imine (C=N–C) groups is 1. The zero-order chi connectivity index (χ0) is 35.3. The molecule has 18 heteroatoms. The highest BCUT2D eigenvalue weighted by Crippen LogP contribution is 2.38. The number of piperazine rings is 1. The number of aromatic nitrogens is 3. The number of hydrogen-bond acceptors (Lipinski definition) is 10. The Morgan fingerprint density at radius 3 is 2.47 bits per heavy atom. The maximum Gasteiger partial charge on any atom is 0.423 e. The second-order valence-electron chi connectivity index (χ2n) is 11.2. The Kier molecular flexibility index (Phi) is 10.8. The molecule has 12 nitrogen and oxygen atoms in total. The van der Waals surface area contributed by atoms with Gasteiger partial charge in [-0.3, -0.25) is 14.6 Å². The molecule has 1 saturated heterocycles. The quantitative estimate of drug-likeness (QED) is 0.167. The summed E-state index contributed by atoms with van der Waals surface area (Å²) in [7, 11) is 2.78. The number of carbonyl (C=O) groups is 1. The highest BCUT2D eigenvalue weighted by Gasteiger charge is 2.39. The molecule has 0 radical (unpaired) electrons. The second-order valence-corrected chi connectivity index (χ2v) is 11.2. The Labute approximate surface area is 275 Å². The first-order valence-corrected chi connectivity index (χ1v) is 15.0. The minimum atomic E-state index is -5.04. The Bertz CT molecular complexity index is 1730. The van der Waals surface area contributed by atoms with E-state index in [-0.39, 0.29) is 81.7 Å². The molecule has 1 amide bonds. The minimum Gasteiger partial charge on any atom is -0.497 e. The van der Waals surface area contributed by atoms with Crippen molar-refractivity contribution in [1.29, 1.82) is 0 Å². The van der Waals surface area contributed by atoms with Crippen molar-refractivity contribution in [2.24, 2.45) is 4.99 Å². The van der Waals surface area contributed by atoms with E-state index in [2.05, 4.69) is 15.1 Å². The minimum absolute atomic E-state index is 0.0284. The van der Waals surface area contributed by atoms with E-state index >= 15 is 0 Å². The molecule has 0 unspecified atom stereocenters. The lowest BCUT2D eigenvalue weighted by Gasteiger charge is -2.44. The van der Waals surface area contributed by atoms with Gasteiger partial charge in [-0.15, -0.1) is 0 Å². The number of ether oxygens (including phenoxy) is 4. The summed E-state index contributed by atoms with van der Waals surface area (Å²) >= 11 is 0. The van der Waals surface area contributed by atoms with Gasteiger partial charge in [0, 0.05) is 32.9 Å². The number of nitrogens with zero attached hydrogens (tertiary/aromatic N) is 6. The first-order valence-electron chi connectivity index (χ1n) is 15.0. The molecule has 0 aliphatic carbocycles. The maximum atomic E-state index is 14.1. The third kappa shape index (κ3) is 8.48. The number of pyridine rings is 1. The average molecular weight is 699 g/mol. The molecule has 4 heterocycles. The Balaban J connectivity index is 1.19. The zero-order valence-corrected chi connectivity index (χ0v) is 26.4. The molecule has 0 bridgehead atoms. The van der Waals surface area contributed by atoms with Gasteiger partial charge in [0.2, 0.25) is 5.91 Å². The van der Waals surface area contributed by atoms with Crippen molar-refractivity contribution in [3.05, 3.63) is 69.8 Å². The Morgan fingerprint density at radius 2 is 1.80 bits per heavy atom. The predicted octanol–water partition coefficient (Wildman–Crippen LogP) is 3.97. The number of anilines is 1. The lowest BCUT2D eigenvalue weighted by molar-refractivity contribution is -0.139. The van der Waals surface area contributed by atoms with E-state index in [1.807, 2.05) is 4.90 Å². The van der Waals surface area contributed by atoms with E-state index in [0.717, 1.165) is 18.5 Å². The van der Waals surface area contributed by atoms with Crippen molar-refractivity contribution in [3.8, 4) is 11.5 Å². The smallest absolute Gasteiger partial charge is 0.423 e. The molecule has 0 N–H and O–H groups in total. The molecule has 1 atom stereocenters. The van der Waals surface area contributed by atoms with Gasteiger partial charge >= 0.3 is 12.4 Å². The van der Waals surface area contributed by atoms with E-state index in [1.54, 1.807) is 29.2 Å². The number of benzene rings is 1. The van der Waals surface area contributed by atoms with Crippen molar-refractivity contribution in [2.75, 3.05) is 65.2 Å². The SMILES string of the molecule is COCC(COCCC(=O)N1CCN2c3ncc(C(F)(F)F)cc3OC[C@@H]2C1)=Nc1cnn(Cc2ccc(OC)cc2)c(=O)c1C(F)(F)F. The van der Waals surface area contributed by atoms with Crippen LogP contribution in [0.3, 0.4) is 0 Å². The Hall–Kier alpha value is -4.71. The molecule has 2 aliphatic rings. The first kappa shape index (κ1) is 35.6. The highest BCUT2D eigenvalue weighted by molar-refractivity contribution is 5.89. The van der Waals surface area contributed by atoms with Crippen LogP contribution in [0.2, 0.25) is 0 Å². The summed E-state index contributed by atoms with van der Waals surface area (Å²) in [6.07, 6.45) is -8.06. The topological polar surface area (TPSA) is 121 Å². The number of alkyl halides is 6. The molecule has 2 aliphatic heterocycles. The molecular weight excluding hydrogens is 666 g/mol. The van der Waals surface area contributed by atoms with E-state index in [4.69, 9.17) is 18.9 Å². The van der Waals surface area contributed by atoms with Crippen LogP contribution in [0.15, 0.2) is 52.5 Å². The summed E-state index contributed by atoms with van der Waals surface area (Å²) in [5.74, 6) is 0.587. The monoisotopic (exact) mass is 698 g/mol. The largest absolute Gasteiger partial charge is 0.497 e. The van der Waals surface area contributed by atoms with Crippen LogP contribution in [0, 0.1) is 0 Å². The van der Waals surface area contributed by atoms with Crippen molar-refractivity contribution in [2.45, 2.75) is 31.4 Å². The summed E-state index contributed by atoms with van der Waals surface area (Å²) in [4.78, 5) is 37.2. The molecule has 2 aromatic heterocycles. The summed E-state index contributed by atoms with van der Waals surface area (Å²) in [5.41, 5.74) is -3.92. The maximum absolute atomic E-state index is 14.1. The van der Waals surface area contributed by atoms with E-state index in [0.29, 0.717) is 22.5 Å². The summed E-state index contributed by atoms with van der Waals surface area (Å²) in [6.45, 7) is 0.0948. The van der Waals surface area contributed by atoms with Gasteiger partial charge in [-0.1, -0.05) is 12.1 Å². The van der Waals surface area contributed by atoms with Gasteiger partial charge in [-0.2, -0.15) is 31.4 Å². The van der Waals surface area contributed by atoms with Crippen LogP contribution < -0.4 is 19.9 Å². The number of hydrogen-bond donors (Lipinski definition) is 0. The fourth-order valence-corrected chi connectivity index (χ4v) is 5.40. The summed E-state index contributed by atoms with van der Waals surface area (Å²) in [6, 6.07) is 7.01. The molecule has 1 fully saturated rings. The van der Waals surface area contributed by atoms with Gasteiger partial charge in [0.1, 0.15) is 23.6 Å². The van der Waals surface area contributed by atoms with Gasteiger partial charge in [-0.05, 0) is 23.8 Å². The van der Waals surface area contributed by atoms with Crippen LogP contribution >= 0.6 is 0 Å². The molecule has 0 saturated carbocycles. The highest BCUT2D eigenvalue weighted by atomic mass is 19.4. The van der Waals surface area contributed by atoms with Crippen molar-refractivity contribution >= 4 is 23.1 Å². The lowest BCUT2D eigenvalue weighted by Crippen LogP contribution is -2.58. The van der Waals surface area contributed by atoms with E-state index in [9.17, 15) is 35.9 Å². The van der Waals surface area contributed by atoms with Gasteiger partial charge in [-0.25, -0.2) is 9.67 Å². The fourth-order valence-electron chi connectivity index (χ4n) is 5.40. The molecule has 1 aromatic carbocycles. The summed E-state index contributed by atoms with van der Waals surface area (Å²) < 4.78 is 103. The fraction of sp³-hybridized carbons (Fsp3) is 0.452. The van der Waals surface area contributed by atoms with Crippen LogP contribution in [0.5, 0.6) is 11.5 Å². The molecule has 49 heavy (non-hydrogen) atoms. The van der Waals surface area contributed by atoms with Crippen LogP contribution in [0.4, 0.5) is 37.8 Å². The van der Waals surface area contributed by atoms with Crippen LogP contribution in [-0.4, -0.2) is 97.6 Å². The van der Waals surface area contributed by atoms with E-state index < -0.39 is 34.7 Å². The molecule has 3 aromatic rings. The second kappa shape index (κ2) is 14.8. The predicted molar refractivity (Wildman–Crippen MR) is 162 cm³/mol. The molecule has 264 valence electrons. The van der Waals surface area contributed by atoms with Gasteiger partial charge in [0.15, 0.2) is 11.6 Å². The van der Waals surface area contributed by atoms with E-state index in [1.165, 1.54) is 14.2 Å². The van der Waals surface area contributed by atoms with Crippen LogP contribution in [0.25, 0.3) is 0 Å². The third-order valence-corrected chi connectivity index (χ3v) is 7.82. The normalized spacial score (nSPS) is 16.6.